The van der Waals surface area contributed by atoms with Gasteiger partial charge in [0, 0.05) is 0 Å². The summed E-state index contributed by atoms with van der Waals surface area (Å²) in [6.45, 7) is 0. The van der Waals surface area contributed by atoms with Gasteiger partial charge >= 0.3 is 6.18 Å². The Balaban J connectivity index is 3.43. The third-order valence-electron chi connectivity index (χ3n) is 1.80. The second-order valence-electron chi connectivity index (χ2n) is 2.80. The van der Waals surface area contributed by atoms with Crippen LogP contribution in [0.25, 0.3) is 0 Å². The third kappa shape index (κ3) is 2.13. The Morgan fingerprint density at radius 2 is 1.87 bits per heavy atom. The molecule has 1 aromatic rings. The molecular weight excluding hydrogens is 211 g/mol. The molecule has 3 nitrogen and oxygen atoms in total. The van der Waals surface area contributed by atoms with E-state index in [2.05, 4.69) is 0 Å². The van der Waals surface area contributed by atoms with E-state index in [1.807, 2.05) is 0 Å². The van der Waals surface area contributed by atoms with E-state index in [0.29, 0.717) is 0 Å². The number of phenols is 2. The quantitative estimate of drug-likeness (QED) is 0.708. The number of rotatable bonds is 1. The highest BCUT2D eigenvalue weighted by atomic mass is 19.4. The fourth-order valence-corrected chi connectivity index (χ4v) is 1.17. The molecule has 0 radical (unpaired) electrons. The molecule has 0 unspecified atom stereocenters. The van der Waals surface area contributed by atoms with Gasteiger partial charge in [0.2, 0.25) is 0 Å². The number of nitriles is 1. The highest BCUT2D eigenvalue weighted by Crippen LogP contribution is 2.42. The first-order valence-electron chi connectivity index (χ1n) is 3.86. The van der Waals surface area contributed by atoms with Crippen molar-refractivity contribution in [1.82, 2.24) is 0 Å². The van der Waals surface area contributed by atoms with Crippen LogP contribution in [0.4, 0.5) is 13.2 Å². The zero-order chi connectivity index (χ0) is 11.6. The van der Waals surface area contributed by atoms with Gasteiger partial charge < -0.3 is 10.2 Å². The van der Waals surface area contributed by atoms with Gasteiger partial charge in [-0.25, -0.2) is 0 Å². The Morgan fingerprint density at radius 1 is 1.27 bits per heavy atom. The summed E-state index contributed by atoms with van der Waals surface area (Å²) in [5.74, 6) is -2.10. The zero-order valence-corrected chi connectivity index (χ0v) is 7.34. The van der Waals surface area contributed by atoms with Crippen LogP contribution in [-0.2, 0) is 12.6 Å². The van der Waals surface area contributed by atoms with E-state index in [-0.39, 0.29) is 5.56 Å². The summed E-state index contributed by atoms with van der Waals surface area (Å²) in [6.07, 6.45) is -5.28. The molecule has 1 aromatic carbocycles. The van der Waals surface area contributed by atoms with Crippen molar-refractivity contribution < 1.29 is 23.4 Å². The first-order chi connectivity index (χ1) is 6.88. The Labute approximate surface area is 83.0 Å². The molecule has 0 saturated heterocycles. The smallest absolute Gasteiger partial charge is 0.420 e. The lowest BCUT2D eigenvalue weighted by Crippen LogP contribution is -2.09. The van der Waals surface area contributed by atoms with Gasteiger partial charge in [0.1, 0.15) is 5.56 Å². The van der Waals surface area contributed by atoms with Crippen molar-refractivity contribution in [2.24, 2.45) is 0 Å². The van der Waals surface area contributed by atoms with Gasteiger partial charge in [0.25, 0.3) is 0 Å². The van der Waals surface area contributed by atoms with E-state index in [4.69, 9.17) is 15.5 Å². The van der Waals surface area contributed by atoms with Crippen LogP contribution in [0, 0.1) is 11.3 Å². The number of alkyl halides is 3. The predicted molar refractivity (Wildman–Crippen MR) is 44.1 cm³/mol. The first-order valence-corrected chi connectivity index (χ1v) is 3.86. The van der Waals surface area contributed by atoms with Crippen LogP contribution in [-0.4, -0.2) is 10.2 Å². The minimum atomic E-state index is -4.80. The van der Waals surface area contributed by atoms with Crippen LogP contribution in [0.5, 0.6) is 11.5 Å². The first kappa shape index (κ1) is 11.2. The van der Waals surface area contributed by atoms with Gasteiger partial charge in [-0.3, -0.25) is 0 Å². The summed E-state index contributed by atoms with van der Waals surface area (Å²) in [7, 11) is 0. The van der Waals surface area contributed by atoms with Gasteiger partial charge in [0.05, 0.1) is 12.5 Å². The summed E-state index contributed by atoms with van der Waals surface area (Å²) in [4.78, 5) is 0. The number of benzene rings is 1. The molecule has 0 aromatic heterocycles. The van der Waals surface area contributed by atoms with E-state index in [1.54, 1.807) is 6.07 Å². The van der Waals surface area contributed by atoms with Crippen molar-refractivity contribution in [3.8, 4) is 17.6 Å². The van der Waals surface area contributed by atoms with E-state index < -0.39 is 29.7 Å². The molecule has 6 heteroatoms. The van der Waals surface area contributed by atoms with Crippen molar-refractivity contribution in [2.75, 3.05) is 0 Å². The minimum Gasteiger partial charge on any atom is -0.504 e. The van der Waals surface area contributed by atoms with E-state index in [1.165, 1.54) is 0 Å². The molecule has 0 aliphatic rings. The average Bonchev–Trinajstić information content (AvgIpc) is 2.10. The summed E-state index contributed by atoms with van der Waals surface area (Å²) in [5, 5.41) is 26.3. The van der Waals surface area contributed by atoms with Crippen LogP contribution < -0.4 is 0 Å². The lowest BCUT2D eigenvalue weighted by molar-refractivity contribution is -0.139. The molecule has 2 N–H and O–H groups in total. The highest BCUT2D eigenvalue weighted by Gasteiger charge is 2.37. The molecule has 80 valence electrons. The molecule has 0 aliphatic carbocycles. The third-order valence-corrected chi connectivity index (χ3v) is 1.80. The number of phenolic OH excluding ortho intramolecular Hbond substituents is 2. The maximum absolute atomic E-state index is 12.4. The second-order valence-corrected chi connectivity index (χ2v) is 2.80. The van der Waals surface area contributed by atoms with Gasteiger partial charge in [-0.05, 0) is 11.6 Å². The lowest BCUT2D eigenvalue weighted by Gasteiger charge is -2.13. The van der Waals surface area contributed by atoms with Gasteiger partial charge in [-0.2, -0.15) is 18.4 Å². The topological polar surface area (TPSA) is 64.2 Å². The van der Waals surface area contributed by atoms with Crippen LogP contribution >= 0.6 is 0 Å². The summed E-state index contributed by atoms with van der Waals surface area (Å²) < 4.78 is 37.3. The minimum absolute atomic E-state index is 0.361. The summed E-state index contributed by atoms with van der Waals surface area (Å²) in [5.41, 5.74) is -1.72. The molecule has 1 rings (SSSR count). The van der Waals surface area contributed by atoms with Gasteiger partial charge in [-0.1, -0.05) is 6.07 Å². The maximum atomic E-state index is 12.4. The summed E-state index contributed by atoms with van der Waals surface area (Å²) >= 11 is 0. The Kier molecular flexibility index (Phi) is 2.75. The Hall–Kier alpha value is -1.90. The molecule has 15 heavy (non-hydrogen) atoms. The molecule has 0 saturated carbocycles. The zero-order valence-electron chi connectivity index (χ0n) is 7.34. The second kappa shape index (κ2) is 3.69. The number of hydrogen-bond acceptors (Lipinski definition) is 3. The molecule has 0 atom stereocenters. The van der Waals surface area contributed by atoms with Crippen molar-refractivity contribution in [3.05, 3.63) is 23.3 Å². The van der Waals surface area contributed by atoms with Crippen molar-refractivity contribution in [3.63, 3.8) is 0 Å². The molecule has 0 aliphatic heterocycles. The Morgan fingerprint density at radius 3 is 2.33 bits per heavy atom. The molecular formula is C9H6F3NO2. The van der Waals surface area contributed by atoms with E-state index in [0.717, 1.165) is 12.1 Å². The average molecular weight is 217 g/mol. The van der Waals surface area contributed by atoms with Crippen molar-refractivity contribution >= 4 is 0 Å². The summed E-state index contributed by atoms with van der Waals surface area (Å²) in [6, 6.07) is 3.42. The Bertz CT molecular complexity index is 421. The van der Waals surface area contributed by atoms with Crippen molar-refractivity contribution in [2.45, 2.75) is 12.6 Å². The number of halogens is 3. The van der Waals surface area contributed by atoms with Crippen LogP contribution in [0.15, 0.2) is 12.1 Å². The van der Waals surface area contributed by atoms with Crippen LogP contribution in [0.3, 0.4) is 0 Å². The largest absolute Gasteiger partial charge is 0.504 e. The molecule has 0 bridgehead atoms. The van der Waals surface area contributed by atoms with Crippen LogP contribution in [0.2, 0.25) is 0 Å². The lowest BCUT2D eigenvalue weighted by atomic mass is 10.0. The predicted octanol–water partition coefficient (Wildman–Crippen LogP) is 2.18. The number of hydrogen-bond donors (Lipinski definition) is 2. The van der Waals surface area contributed by atoms with Gasteiger partial charge in [-0.15, -0.1) is 0 Å². The fraction of sp³-hybridized carbons (Fsp3) is 0.222. The standard InChI is InChI=1S/C9H6F3NO2/c10-9(11,12)7-5(3-4-13)1-2-6(14)8(7)15/h1-2,14-15H,3H2. The monoisotopic (exact) mass is 217 g/mol. The molecule has 0 spiro atoms. The van der Waals surface area contributed by atoms with Crippen molar-refractivity contribution in [1.29, 1.82) is 5.26 Å². The van der Waals surface area contributed by atoms with Gasteiger partial charge in [0.15, 0.2) is 11.5 Å². The number of aromatic hydroxyl groups is 2. The molecule has 0 fully saturated rings. The molecule has 0 amide bonds. The SMILES string of the molecule is N#CCc1ccc(O)c(O)c1C(F)(F)F. The van der Waals surface area contributed by atoms with E-state index >= 15 is 0 Å². The highest BCUT2D eigenvalue weighted by molar-refractivity contribution is 5.51. The fourth-order valence-electron chi connectivity index (χ4n) is 1.17. The molecule has 0 heterocycles. The number of nitrogens with zero attached hydrogens (tertiary/aromatic N) is 1. The van der Waals surface area contributed by atoms with Crippen LogP contribution in [0.1, 0.15) is 11.1 Å². The van der Waals surface area contributed by atoms with E-state index in [9.17, 15) is 13.2 Å². The maximum Gasteiger partial charge on any atom is 0.420 e. The normalized spacial score (nSPS) is 11.1.